The van der Waals surface area contributed by atoms with E-state index < -0.39 is 5.97 Å². The summed E-state index contributed by atoms with van der Waals surface area (Å²) in [4.78, 5) is 12.6. The standard InChI is InChI=1S/C10H20N2O2/c1-12(2)9-6-4-3-5-8(9)11-7-10(13)14/h8-9,11H,3-7H2,1-2H3,(H,13,14)/t8-,9+/m0/s1. The Hall–Kier alpha value is -0.610. The summed E-state index contributed by atoms with van der Waals surface area (Å²) in [6.07, 6.45) is 4.73. The van der Waals surface area contributed by atoms with Gasteiger partial charge in [0.15, 0.2) is 0 Å². The van der Waals surface area contributed by atoms with Gasteiger partial charge in [-0.15, -0.1) is 0 Å². The van der Waals surface area contributed by atoms with E-state index in [4.69, 9.17) is 5.11 Å². The first kappa shape index (κ1) is 11.5. The van der Waals surface area contributed by atoms with Crippen LogP contribution in [-0.4, -0.2) is 48.7 Å². The number of carbonyl (C=O) groups is 1. The molecule has 0 unspecified atom stereocenters. The fourth-order valence-corrected chi connectivity index (χ4v) is 2.19. The van der Waals surface area contributed by atoms with Crippen molar-refractivity contribution in [2.45, 2.75) is 37.8 Å². The molecule has 0 heterocycles. The zero-order valence-electron chi connectivity index (χ0n) is 8.99. The molecule has 0 saturated heterocycles. The average molecular weight is 200 g/mol. The summed E-state index contributed by atoms with van der Waals surface area (Å²) in [5.41, 5.74) is 0. The molecule has 0 aromatic carbocycles. The number of hydrogen-bond acceptors (Lipinski definition) is 3. The molecule has 1 aliphatic rings. The van der Waals surface area contributed by atoms with Gasteiger partial charge in [0.1, 0.15) is 0 Å². The summed E-state index contributed by atoms with van der Waals surface area (Å²) in [5.74, 6) is -0.770. The summed E-state index contributed by atoms with van der Waals surface area (Å²) in [5, 5.41) is 11.7. The van der Waals surface area contributed by atoms with Crippen LogP contribution in [0.1, 0.15) is 25.7 Å². The normalized spacial score (nSPS) is 27.9. The van der Waals surface area contributed by atoms with E-state index in [1.54, 1.807) is 0 Å². The van der Waals surface area contributed by atoms with E-state index in [0.29, 0.717) is 12.1 Å². The average Bonchev–Trinajstić information content (AvgIpc) is 2.15. The zero-order valence-corrected chi connectivity index (χ0v) is 8.99. The van der Waals surface area contributed by atoms with Gasteiger partial charge in [-0.3, -0.25) is 4.79 Å². The highest BCUT2D eigenvalue weighted by Gasteiger charge is 2.26. The summed E-state index contributed by atoms with van der Waals surface area (Å²) < 4.78 is 0. The molecular weight excluding hydrogens is 180 g/mol. The van der Waals surface area contributed by atoms with Gasteiger partial charge in [-0.25, -0.2) is 0 Å². The van der Waals surface area contributed by atoms with Crippen molar-refractivity contribution in [3.8, 4) is 0 Å². The molecule has 14 heavy (non-hydrogen) atoms. The minimum absolute atomic E-state index is 0.0784. The van der Waals surface area contributed by atoms with Crippen molar-refractivity contribution in [1.29, 1.82) is 0 Å². The molecule has 1 aliphatic carbocycles. The van der Waals surface area contributed by atoms with E-state index in [9.17, 15) is 4.79 Å². The topological polar surface area (TPSA) is 52.6 Å². The summed E-state index contributed by atoms with van der Waals surface area (Å²) >= 11 is 0. The second-order valence-electron chi connectivity index (χ2n) is 4.20. The molecule has 0 radical (unpaired) electrons. The molecule has 1 saturated carbocycles. The lowest BCUT2D eigenvalue weighted by molar-refractivity contribution is -0.136. The number of aliphatic carboxylic acids is 1. The largest absolute Gasteiger partial charge is 0.480 e. The van der Waals surface area contributed by atoms with Crippen LogP contribution < -0.4 is 5.32 Å². The Labute approximate surface area is 85.3 Å². The van der Waals surface area contributed by atoms with Gasteiger partial charge in [-0.2, -0.15) is 0 Å². The molecule has 2 atom stereocenters. The fourth-order valence-electron chi connectivity index (χ4n) is 2.19. The van der Waals surface area contributed by atoms with E-state index in [0.717, 1.165) is 6.42 Å². The van der Waals surface area contributed by atoms with Crippen LogP contribution >= 0.6 is 0 Å². The quantitative estimate of drug-likeness (QED) is 0.695. The minimum Gasteiger partial charge on any atom is -0.480 e. The van der Waals surface area contributed by atoms with Crippen LogP contribution in [-0.2, 0) is 4.79 Å². The third kappa shape index (κ3) is 3.27. The minimum atomic E-state index is -0.770. The maximum Gasteiger partial charge on any atom is 0.317 e. The van der Waals surface area contributed by atoms with Crippen LogP contribution in [0.4, 0.5) is 0 Å². The van der Waals surface area contributed by atoms with Crippen molar-refractivity contribution < 1.29 is 9.90 Å². The van der Waals surface area contributed by atoms with Crippen LogP contribution in [0.5, 0.6) is 0 Å². The number of hydrogen-bond donors (Lipinski definition) is 2. The molecule has 4 nitrogen and oxygen atoms in total. The summed E-state index contributed by atoms with van der Waals surface area (Å²) in [7, 11) is 4.12. The Morgan fingerprint density at radius 3 is 2.64 bits per heavy atom. The van der Waals surface area contributed by atoms with Crippen LogP contribution in [0.25, 0.3) is 0 Å². The van der Waals surface area contributed by atoms with Crippen molar-refractivity contribution in [3.63, 3.8) is 0 Å². The molecule has 82 valence electrons. The lowest BCUT2D eigenvalue weighted by Crippen LogP contribution is -2.50. The molecule has 0 spiro atoms. The maximum absolute atomic E-state index is 10.4. The Bertz CT molecular complexity index is 195. The second-order valence-corrected chi connectivity index (χ2v) is 4.20. The van der Waals surface area contributed by atoms with Crippen molar-refractivity contribution in [2.24, 2.45) is 0 Å². The smallest absolute Gasteiger partial charge is 0.317 e. The maximum atomic E-state index is 10.4. The van der Waals surface area contributed by atoms with Gasteiger partial charge >= 0.3 is 5.97 Å². The van der Waals surface area contributed by atoms with E-state index in [-0.39, 0.29) is 6.54 Å². The van der Waals surface area contributed by atoms with E-state index in [1.807, 2.05) is 0 Å². The van der Waals surface area contributed by atoms with Crippen molar-refractivity contribution in [1.82, 2.24) is 10.2 Å². The van der Waals surface area contributed by atoms with Crippen molar-refractivity contribution >= 4 is 5.97 Å². The third-order valence-corrected chi connectivity index (χ3v) is 2.91. The lowest BCUT2D eigenvalue weighted by atomic mass is 9.89. The van der Waals surface area contributed by atoms with Gasteiger partial charge in [0.25, 0.3) is 0 Å². The number of likely N-dealkylation sites (N-methyl/N-ethyl adjacent to an activating group) is 1. The molecule has 0 bridgehead atoms. The SMILES string of the molecule is CN(C)[C@@H]1CCCC[C@@H]1NCC(=O)O. The van der Waals surface area contributed by atoms with Gasteiger partial charge in [0.2, 0.25) is 0 Å². The van der Waals surface area contributed by atoms with Crippen LogP contribution in [0, 0.1) is 0 Å². The lowest BCUT2D eigenvalue weighted by Gasteiger charge is -2.36. The van der Waals surface area contributed by atoms with Gasteiger partial charge in [0, 0.05) is 12.1 Å². The molecule has 2 N–H and O–H groups in total. The van der Waals surface area contributed by atoms with Crippen LogP contribution in [0.2, 0.25) is 0 Å². The predicted octanol–water partition coefficient (Wildman–Crippen LogP) is 0.533. The molecule has 0 aliphatic heterocycles. The van der Waals surface area contributed by atoms with E-state index >= 15 is 0 Å². The Morgan fingerprint density at radius 2 is 2.07 bits per heavy atom. The molecule has 0 amide bonds. The first-order chi connectivity index (χ1) is 6.61. The highest BCUT2D eigenvalue weighted by atomic mass is 16.4. The van der Waals surface area contributed by atoms with E-state index in [1.165, 1.54) is 19.3 Å². The molecular formula is C10H20N2O2. The predicted molar refractivity (Wildman–Crippen MR) is 55.4 cm³/mol. The number of nitrogens with zero attached hydrogens (tertiary/aromatic N) is 1. The third-order valence-electron chi connectivity index (χ3n) is 2.91. The van der Waals surface area contributed by atoms with Crippen LogP contribution in [0.3, 0.4) is 0 Å². The zero-order chi connectivity index (χ0) is 10.6. The van der Waals surface area contributed by atoms with Gasteiger partial charge in [-0.05, 0) is 26.9 Å². The Balaban J connectivity index is 2.41. The number of rotatable bonds is 4. The molecule has 0 aromatic heterocycles. The summed E-state index contributed by atoms with van der Waals surface area (Å²) in [6, 6.07) is 0.831. The molecule has 0 aromatic rings. The second kappa shape index (κ2) is 5.32. The highest BCUT2D eigenvalue weighted by molar-refractivity contribution is 5.69. The Kier molecular flexibility index (Phi) is 4.35. The molecule has 1 fully saturated rings. The Morgan fingerprint density at radius 1 is 1.43 bits per heavy atom. The first-order valence-corrected chi connectivity index (χ1v) is 5.23. The van der Waals surface area contributed by atoms with Gasteiger partial charge in [0.05, 0.1) is 6.54 Å². The number of carboxylic acid groups (broad SMARTS) is 1. The van der Waals surface area contributed by atoms with Crippen LogP contribution in [0.15, 0.2) is 0 Å². The highest BCUT2D eigenvalue weighted by Crippen LogP contribution is 2.21. The monoisotopic (exact) mass is 200 g/mol. The van der Waals surface area contributed by atoms with E-state index in [2.05, 4.69) is 24.3 Å². The fraction of sp³-hybridized carbons (Fsp3) is 0.900. The van der Waals surface area contributed by atoms with Gasteiger partial charge < -0.3 is 15.3 Å². The van der Waals surface area contributed by atoms with Gasteiger partial charge in [-0.1, -0.05) is 12.8 Å². The first-order valence-electron chi connectivity index (χ1n) is 5.23. The number of nitrogens with one attached hydrogen (secondary N) is 1. The number of carboxylic acids is 1. The molecule has 1 rings (SSSR count). The summed E-state index contributed by atoms with van der Waals surface area (Å²) in [6.45, 7) is 0.0784. The molecule has 4 heteroatoms. The van der Waals surface area contributed by atoms with Crippen molar-refractivity contribution in [3.05, 3.63) is 0 Å². The van der Waals surface area contributed by atoms with Crippen molar-refractivity contribution in [2.75, 3.05) is 20.6 Å².